The quantitative estimate of drug-likeness (QED) is 0.161. The number of carbonyl (C=O) groups is 2. The zero-order valence-corrected chi connectivity index (χ0v) is 27.1. The molecule has 0 spiro atoms. The first-order valence-electron chi connectivity index (χ1n) is 14.1. The van der Waals surface area contributed by atoms with Gasteiger partial charge in [0.15, 0.2) is 0 Å². The molecule has 11 nitrogen and oxygen atoms in total. The summed E-state index contributed by atoms with van der Waals surface area (Å²) < 4.78 is 33.2. The Labute approximate surface area is 266 Å². The summed E-state index contributed by atoms with van der Waals surface area (Å²) in [5.74, 6) is -0.479. The van der Waals surface area contributed by atoms with Crippen molar-refractivity contribution in [2.45, 2.75) is 63.4 Å². The molecule has 0 aliphatic carbocycles. The van der Waals surface area contributed by atoms with Crippen LogP contribution in [0.2, 0.25) is 10.0 Å². The van der Waals surface area contributed by atoms with Crippen molar-refractivity contribution in [2.75, 3.05) is 25.9 Å². The number of thiophene rings is 1. The lowest BCUT2D eigenvalue weighted by atomic mass is 9.91. The number of nitrogens with one attached hydrogen (secondary N) is 4. The molecule has 2 aliphatic rings. The Bertz CT molecular complexity index is 1420. The first-order valence-corrected chi connectivity index (χ1v) is 17.6. The molecule has 2 fully saturated rings. The van der Waals surface area contributed by atoms with Gasteiger partial charge in [-0.05, 0) is 74.5 Å². The first kappa shape index (κ1) is 33.6. The number of hydrogen-bond donors (Lipinski definition) is 5. The van der Waals surface area contributed by atoms with Crippen LogP contribution in [0.5, 0.6) is 0 Å². The number of ether oxygens (including phenoxy) is 1. The van der Waals surface area contributed by atoms with Gasteiger partial charge in [0.2, 0.25) is 21.8 Å². The molecule has 1 aromatic heterocycles. The number of nitrogens with two attached hydrogens (primary N) is 1. The van der Waals surface area contributed by atoms with Crippen molar-refractivity contribution in [2.24, 2.45) is 11.7 Å². The lowest BCUT2D eigenvalue weighted by Gasteiger charge is -2.29. The van der Waals surface area contributed by atoms with E-state index in [4.69, 9.17) is 39.1 Å². The summed E-state index contributed by atoms with van der Waals surface area (Å²) in [4.78, 5) is 30.3. The van der Waals surface area contributed by atoms with E-state index in [0.717, 1.165) is 42.6 Å². The predicted octanol–water partition coefficient (Wildman–Crippen LogP) is 2.84. The summed E-state index contributed by atoms with van der Waals surface area (Å²) in [5, 5.41) is 14.6. The van der Waals surface area contributed by atoms with Gasteiger partial charge in [0.1, 0.15) is 17.9 Å². The average Bonchev–Trinajstić information content (AvgIpc) is 3.62. The van der Waals surface area contributed by atoms with E-state index in [-0.39, 0.29) is 37.9 Å². The largest absolute Gasteiger partial charge is 0.383 e. The SMILES string of the molecule is CS(=O)(=O)N[C@H](CCC1CCNCC1)C(=O)N1C[C@H](OCc2ccc(Cl)c(Cl)c2)C[C@@H]1C(=O)NCc1ccc(C(=N)N)s1. The van der Waals surface area contributed by atoms with Crippen LogP contribution in [0, 0.1) is 11.3 Å². The third-order valence-electron chi connectivity index (χ3n) is 7.66. The molecule has 4 rings (SSSR count). The van der Waals surface area contributed by atoms with Gasteiger partial charge >= 0.3 is 0 Å². The molecule has 3 atom stereocenters. The molecular formula is C28H38Cl2N6O5S2. The van der Waals surface area contributed by atoms with Crippen molar-refractivity contribution in [1.29, 1.82) is 5.41 Å². The maximum Gasteiger partial charge on any atom is 0.243 e. The molecule has 6 N–H and O–H groups in total. The fourth-order valence-electron chi connectivity index (χ4n) is 5.43. The monoisotopic (exact) mass is 672 g/mol. The second-order valence-corrected chi connectivity index (χ2v) is 14.8. The van der Waals surface area contributed by atoms with Crippen LogP contribution in [0.25, 0.3) is 0 Å². The normalized spacial score (nSPS) is 20.2. The molecular weight excluding hydrogens is 635 g/mol. The fraction of sp³-hybridized carbons (Fsp3) is 0.536. The molecule has 2 saturated heterocycles. The van der Waals surface area contributed by atoms with Crippen molar-refractivity contribution in [3.05, 3.63) is 55.7 Å². The molecule has 0 saturated carbocycles. The topological polar surface area (TPSA) is 167 Å². The maximum absolute atomic E-state index is 13.9. The zero-order chi connectivity index (χ0) is 31.1. The second kappa shape index (κ2) is 15.2. The molecule has 0 unspecified atom stereocenters. The summed E-state index contributed by atoms with van der Waals surface area (Å²) in [7, 11) is -3.70. The van der Waals surface area contributed by atoms with Gasteiger partial charge in [0.25, 0.3) is 0 Å². The standard InChI is InChI=1S/C28H38Cl2N6O5S2/c1-43(39,40)35-23(6-3-17-8-10-33-11-9-17)28(38)36-15-19(41-16-18-2-5-21(29)22(30)12-18)13-24(36)27(37)34-14-20-4-7-25(42-20)26(31)32/h2,4-5,7,12,17,19,23-24,33,35H,3,6,8-11,13-16H2,1H3,(H3,31,32)(H,34,37)/t19-,23-,24-/m1/s1. The number of amidine groups is 1. The summed E-state index contributed by atoms with van der Waals surface area (Å²) in [6.07, 6.45) is 3.76. The van der Waals surface area contributed by atoms with Crippen molar-refractivity contribution in [3.63, 3.8) is 0 Å². The average molecular weight is 674 g/mol. The van der Waals surface area contributed by atoms with Gasteiger partial charge in [0.05, 0.1) is 40.4 Å². The summed E-state index contributed by atoms with van der Waals surface area (Å²) >= 11 is 13.5. The summed E-state index contributed by atoms with van der Waals surface area (Å²) in [6, 6.07) is 6.82. The van der Waals surface area contributed by atoms with E-state index < -0.39 is 34.1 Å². The molecule has 3 heterocycles. The minimum atomic E-state index is -3.70. The first-order chi connectivity index (χ1) is 20.4. The Hall–Kier alpha value is -2.26. The lowest BCUT2D eigenvalue weighted by molar-refractivity contribution is -0.140. The molecule has 43 heavy (non-hydrogen) atoms. The molecule has 2 aliphatic heterocycles. The number of amides is 2. The highest BCUT2D eigenvalue weighted by molar-refractivity contribution is 7.88. The number of nitrogen functional groups attached to an aromatic ring is 1. The predicted molar refractivity (Wildman–Crippen MR) is 169 cm³/mol. The van der Waals surface area contributed by atoms with Crippen LogP contribution in [-0.2, 0) is 37.5 Å². The minimum Gasteiger partial charge on any atom is -0.383 e. The van der Waals surface area contributed by atoms with E-state index in [1.807, 2.05) is 0 Å². The van der Waals surface area contributed by atoms with Crippen LogP contribution in [0.4, 0.5) is 0 Å². The summed E-state index contributed by atoms with van der Waals surface area (Å²) in [6.45, 7) is 2.31. The van der Waals surface area contributed by atoms with Crippen LogP contribution < -0.4 is 21.1 Å². The molecule has 236 valence electrons. The Balaban J connectivity index is 1.49. The van der Waals surface area contributed by atoms with E-state index in [2.05, 4.69) is 15.4 Å². The van der Waals surface area contributed by atoms with Crippen molar-refractivity contribution < 1.29 is 22.7 Å². The van der Waals surface area contributed by atoms with Gasteiger partial charge < -0.3 is 26.0 Å². The van der Waals surface area contributed by atoms with Crippen LogP contribution in [0.15, 0.2) is 30.3 Å². The van der Waals surface area contributed by atoms with Crippen molar-refractivity contribution in [1.82, 2.24) is 20.3 Å². The molecule has 0 radical (unpaired) electrons. The molecule has 0 bridgehead atoms. The van der Waals surface area contributed by atoms with Gasteiger partial charge in [-0.25, -0.2) is 13.1 Å². The number of halogens is 2. The Morgan fingerprint density at radius 3 is 2.60 bits per heavy atom. The number of likely N-dealkylation sites (tertiary alicyclic amines) is 1. The second-order valence-electron chi connectivity index (χ2n) is 11.0. The van der Waals surface area contributed by atoms with Gasteiger partial charge in [-0.3, -0.25) is 15.0 Å². The van der Waals surface area contributed by atoms with Gasteiger partial charge in [-0.15, -0.1) is 11.3 Å². The van der Waals surface area contributed by atoms with Gasteiger partial charge in [0, 0.05) is 17.8 Å². The van der Waals surface area contributed by atoms with Gasteiger partial charge in [-0.1, -0.05) is 29.3 Å². The molecule has 15 heteroatoms. The van der Waals surface area contributed by atoms with Crippen LogP contribution in [0.1, 0.15) is 47.4 Å². The number of hydrogen-bond acceptors (Lipinski definition) is 8. The van der Waals surface area contributed by atoms with Crippen molar-refractivity contribution in [3.8, 4) is 0 Å². The van der Waals surface area contributed by atoms with Crippen LogP contribution in [0.3, 0.4) is 0 Å². The van der Waals surface area contributed by atoms with Crippen LogP contribution >= 0.6 is 34.5 Å². The van der Waals surface area contributed by atoms with E-state index in [0.29, 0.717) is 33.7 Å². The Morgan fingerprint density at radius 1 is 1.21 bits per heavy atom. The molecule has 2 amide bonds. The third kappa shape index (κ3) is 9.87. The Kier molecular flexibility index (Phi) is 11.8. The van der Waals surface area contributed by atoms with E-state index >= 15 is 0 Å². The number of benzene rings is 1. The molecule has 2 aromatic rings. The lowest BCUT2D eigenvalue weighted by Crippen LogP contribution is -2.53. The van der Waals surface area contributed by atoms with E-state index in [1.165, 1.54) is 16.2 Å². The molecule has 1 aromatic carbocycles. The van der Waals surface area contributed by atoms with Crippen molar-refractivity contribution >= 4 is 62.2 Å². The van der Waals surface area contributed by atoms with E-state index in [1.54, 1.807) is 30.3 Å². The number of nitrogens with zero attached hydrogens (tertiary/aromatic N) is 1. The maximum atomic E-state index is 13.9. The number of carbonyl (C=O) groups excluding carboxylic acids is 2. The smallest absolute Gasteiger partial charge is 0.243 e. The number of sulfonamides is 1. The fourth-order valence-corrected chi connectivity index (χ4v) is 7.29. The van der Waals surface area contributed by atoms with Crippen LogP contribution in [-0.4, -0.2) is 75.0 Å². The van der Waals surface area contributed by atoms with E-state index in [9.17, 15) is 18.0 Å². The highest BCUT2D eigenvalue weighted by atomic mass is 35.5. The highest BCUT2D eigenvalue weighted by Gasteiger charge is 2.42. The number of piperidine rings is 1. The summed E-state index contributed by atoms with van der Waals surface area (Å²) in [5.41, 5.74) is 6.35. The third-order valence-corrected chi connectivity index (χ3v) is 10.2. The minimum absolute atomic E-state index is 0.0500. The number of rotatable bonds is 13. The van der Waals surface area contributed by atoms with Gasteiger partial charge in [-0.2, -0.15) is 0 Å². The zero-order valence-electron chi connectivity index (χ0n) is 23.9. The highest BCUT2D eigenvalue weighted by Crippen LogP contribution is 2.27. The Morgan fingerprint density at radius 2 is 1.95 bits per heavy atom.